The van der Waals surface area contributed by atoms with Gasteiger partial charge in [0.25, 0.3) is 0 Å². The molecular formula is C20H21FN4O2S. The number of thioether (sulfide) groups is 1. The molecule has 146 valence electrons. The van der Waals surface area contributed by atoms with Crippen LogP contribution in [0, 0.1) is 5.82 Å². The van der Waals surface area contributed by atoms with E-state index < -0.39 is 0 Å². The molecule has 0 aliphatic heterocycles. The molecule has 3 rings (SSSR count). The van der Waals surface area contributed by atoms with Crippen LogP contribution < -0.4 is 4.74 Å². The fraction of sp³-hybridized carbons (Fsp3) is 0.250. The average Bonchev–Trinajstić information content (AvgIpc) is 3.08. The van der Waals surface area contributed by atoms with Crippen LogP contribution in [0.1, 0.15) is 5.56 Å². The number of amides is 1. The predicted octanol–water partition coefficient (Wildman–Crippen LogP) is 3.38. The summed E-state index contributed by atoms with van der Waals surface area (Å²) in [7, 11) is 5.14. The molecule has 0 bridgehead atoms. The summed E-state index contributed by atoms with van der Waals surface area (Å²) in [6, 6.07) is 14.0. The lowest BCUT2D eigenvalue weighted by Gasteiger charge is -2.17. The van der Waals surface area contributed by atoms with Crippen LogP contribution in [0.4, 0.5) is 4.39 Å². The number of carbonyl (C=O) groups is 1. The summed E-state index contributed by atoms with van der Waals surface area (Å²) in [6.45, 7) is 0.224. The summed E-state index contributed by atoms with van der Waals surface area (Å²) in [5, 5.41) is 9.04. The second-order valence-electron chi connectivity index (χ2n) is 6.22. The summed E-state index contributed by atoms with van der Waals surface area (Å²) in [5.41, 5.74) is 1.40. The van der Waals surface area contributed by atoms with Crippen molar-refractivity contribution in [1.29, 1.82) is 0 Å². The van der Waals surface area contributed by atoms with Gasteiger partial charge in [-0.15, -0.1) is 10.2 Å². The van der Waals surface area contributed by atoms with E-state index in [2.05, 4.69) is 10.2 Å². The Morgan fingerprint density at radius 1 is 1.18 bits per heavy atom. The monoisotopic (exact) mass is 400 g/mol. The van der Waals surface area contributed by atoms with Crippen LogP contribution >= 0.6 is 11.8 Å². The van der Waals surface area contributed by atoms with Crippen LogP contribution in [0.2, 0.25) is 0 Å². The van der Waals surface area contributed by atoms with Crippen LogP contribution in [-0.2, 0) is 18.4 Å². The molecule has 8 heteroatoms. The van der Waals surface area contributed by atoms with Crippen molar-refractivity contribution in [2.24, 2.45) is 7.05 Å². The van der Waals surface area contributed by atoms with Gasteiger partial charge in [-0.2, -0.15) is 0 Å². The Morgan fingerprint density at radius 2 is 1.89 bits per heavy atom. The van der Waals surface area contributed by atoms with Crippen molar-refractivity contribution in [3.63, 3.8) is 0 Å². The maximum atomic E-state index is 13.8. The Labute approximate surface area is 167 Å². The zero-order valence-corrected chi connectivity index (χ0v) is 16.7. The zero-order chi connectivity index (χ0) is 20.1. The van der Waals surface area contributed by atoms with E-state index in [-0.39, 0.29) is 24.0 Å². The number of benzene rings is 2. The Kier molecular flexibility index (Phi) is 6.30. The van der Waals surface area contributed by atoms with E-state index in [0.29, 0.717) is 16.5 Å². The van der Waals surface area contributed by atoms with Crippen molar-refractivity contribution >= 4 is 17.7 Å². The number of halogens is 1. The van der Waals surface area contributed by atoms with Gasteiger partial charge in [0.2, 0.25) is 5.91 Å². The zero-order valence-electron chi connectivity index (χ0n) is 15.9. The molecule has 0 saturated heterocycles. The van der Waals surface area contributed by atoms with Crippen molar-refractivity contribution in [2.45, 2.75) is 11.7 Å². The largest absolute Gasteiger partial charge is 0.497 e. The number of aromatic nitrogens is 3. The number of ether oxygens (including phenoxy) is 1. The molecule has 0 aliphatic carbocycles. The fourth-order valence-corrected chi connectivity index (χ4v) is 3.49. The van der Waals surface area contributed by atoms with Crippen LogP contribution in [0.25, 0.3) is 11.4 Å². The Balaban J connectivity index is 1.62. The lowest BCUT2D eigenvalue weighted by Crippen LogP contribution is -2.28. The standard InChI is InChI=1S/C20H21FN4O2S/c1-24(12-15-6-4-5-7-17(15)21)18(26)13-28-20-23-22-19(25(20)2)14-8-10-16(27-3)11-9-14/h4-11H,12-13H2,1-3H3. The van der Waals surface area contributed by atoms with Gasteiger partial charge in [-0.1, -0.05) is 30.0 Å². The average molecular weight is 400 g/mol. The molecule has 0 unspecified atom stereocenters. The Bertz CT molecular complexity index is 959. The topological polar surface area (TPSA) is 60.3 Å². The number of carbonyl (C=O) groups excluding carboxylic acids is 1. The van der Waals surface area contributed by atoms with E-state index in [1.165, 1.54) is 22.7 Å². The minimum Gasteiger partial charge on any atom is -0.497 e. The van der Waals surface area contributed by atoms with Crippen molar-refractivity contribution < 1.29 is 13.9 Å². The van der Waals surface area contributed by atoms with E-state index in [4.69, 9.17) is 4.74 Å². The number of rotatable bonds is 7. The second kappa shape index (κ2) is 8.88. The molecule has 0 aliphatic rings. The van der Waals surface area contributed by atoms with Gasteiger partial charge in [0.1, 0.15) is 11.6 Å². The van der Waals surface area contributed by atoms with E-state index in [1.54, 1.807) is 32.4 Å². The van der Waals surface area contributed by atoms with E-state index in [9.17, 15) is 9.18 Å². The van der Waals surface area contributed by atoms with Gasteiger partial charge in [0.15, 0.2) is 11.0 Å². The molecule has 28 heavy (non-hydrogen) atoms. The number of hydrogen-bond donors (Lipinski definition) is 0. The third kappa shape index (κ3) is 4.51. The lowest BCUT2D eigenvalue weighted by atomic mass is 10.2. The third-order valence-electron chi connectivity index (χ3n) is 4.30. The first-order chi connectivity index (χ1) is 13.5. The van der Waals surface area contributed by atoms with Crippen molar-refractivity contribution in [1.82, 2.24) is 19.7 Å². The normalized spacial score (nSPS) is 10.7. The molecule has 0 spiro atoms. The quantitative estimate of drug-likeness (QED) is 0.569. The third-order valence-corrected chi connectivity index (χ3v) is 5.30. The molecule has 1 aromatic heterocycles. The number of methoxy groups -OCH3 is 1. The Hall–Kier alpha value is -2.87. The van der Waals surface area contributed by atoms with Crippen LogP contribution in [0.3, 0.4) is 0 Å². The van der Waals surface area contributed by atoms with Crippen LogP contribution in [-0.4, -0.2) is 45.5 Å². The first kappa shape index (κ1) is 19.9. The molecular weight excluding hydrogens is 379 g/mol. The van der Waals surface area contributed by atoms with Gasteiger partial charge in [0.05, 0.1) is 12.9 Å². The lowest BCUT2D eigenvalue weighted by molar-refractivity contribution is -0.127. The van der Waals surface area contributed by atoms with Gasteiger partial charge in [-0.25, -0.2) is 4.39 Å². The van der Waals surface area contributed by atoms with Gasteiger partial charge in [0, 0.05) is 31.8 Å². The molecule has 6 nitrogen and oxygen atoms in total. The fourth-order valence-electron chi connectivity index (χ4n) is 2.64. The predicted molar refractivity (Wildman–Crippen MR) is 107 cm³/mol. The van der Waals surface area contributed by atoms with Gasteiger partial charge in [-0.3, -0.25) is 4.79 Å². The van der Waals surface area contributed by atoms with E-state index >= 15 is 0 Å². The molecule has 0 fully saturated rings. The molecule has 0 atom stereocenters. The molecule has 0 radical (unpaired) electrons. The number of hydrogen-bond acceptors (Lipinski definition) is 5. The highest BCUT2D eigenvalue weighted by molar-refractivity contribution is 7.99. The van der Waals surface area contributed by atoms with Crippen molar-refractivity contribution in [2.75, 3.05) is 19.9 Å². The minimum absolute atomic E-state index is 0.109. The van der Waals surface area contributed by atoms with Crippen LogP contribution in [0.15, 0.2) is 53.7 Å². The van der Waals surface area contributed by atoms with E-state index in [1.807, 2.05) is 35.9 Å². The highest BCUT2D eigenvalue weighted by atomic mass is 32.2. The van der Waals surface area contributed by atoms with Gasteiger partial charge in [-0.05, 0) is 30.3 Å². The summed E-state index contributed by atoms with van der Waals surface area (Å²) in [5.74, 6) is 1.25. The summed E-state index contributed by atoms with van der Waals surface area (Å²) < 4.78 is 20.8. The highest BCUT2D eigenvalue weighted by Gasteiger charge is 2.16. The molecule has 3 aromatic rings. The van der Waals surface area contributed by atoms with E-state index in [0.717, 1.165) is 11.3 Å². The highest BCUT2D eigenvalue weighted by Crippen LogP contribution is 2.24. The first-order valence-electron chi connectivity index (χ1n) is 8.63. The van der Waals surface area contributed by atoms with Gasteiger partial charge >= 0.3 is 0 Å². The van der Waals surface area contributed by atoms with Crippen molar-refractivity contribution in [3.8, 4) is 17.1 Å². The Morgan fingerprint density at radius 3 is 2.57 bits per heavy atom. The minimum atomic E-state index is -0.313. The molecule has 1 heterocycles. The van der Waals surface area contributed by atoms with Crippen LogP contribution in [0.5, 0.6) is 5.75 Å². The van der Waals surface area contributed by atoms with Gasteiger partial charge < -0.3 is 14.2 Å². The second-order valence-corrected chi connectivity index (χ2v) is 7.17. The van der Waals surface area contributed by atoms with Crippen molar-refractivity contribution in [3.05, 3.63) is 59.9 Å². The first-order valence-corrected chi connectivity index (χ1v) is 9.62. The maximum Gasteiger partial charge on any atom is 0.233 e. The maximum absolute atomic E-state index is 13.8. The smallest absolute Gasteiger partial charge is 0.233 e. The molecule has 2 aromatic carbocycles. The SMILES string of the molecule is COc1ccc(-c2nnc(SCC(=O)N(C)Cc3ccccc3F)n2C)cc1. The number of nitrogens with zero attached hydrogens (tertiary/aromatic N) is 4. The summed E-state index contributed by atoms with van der Waals surface area (Å²) in [6.07, 6.45) is 0. The molecule has 0 N–H and O–H groups in total. The molecule has 0 saturated carbocycles. The summed E-state index contributed by atoms with van der Waals surface area (Å²) in [4.78, 5) is 13.9. The summed E-state index contributed by atoms with van der Waals surface area (Å²) >= 11 is 1.30. The molecule has 1 amide bonds.